The summed E-state index contributed by atoms with van der Waals surface area (Å²) in [7, 11) is 4.19. The normalized spacial score (nSPS) is 13.1. The first kappa shape index (κ1) is 14.8. The second kappa shape index (κ2) is 6.59. The van der Waals surface area contributed by atoms with E-state index in [2.05, 4.69) is 60.5 Å². The van der Waals surface area contributed by atoms with Gasteiger partial charge in [0.25, 0.3) is 0 Å². The molecular formula is C14H26N4. The molecule has 0 saturated heterocycles. The number of rotatable bonds is 7. The number of likely N-dealkylation sites (N-methyl/N-ethyl adjacent to an activating group) is 1. The van der Waals surface area contributed by atoms with Crippen LogP contribution in [-0.2, 0) is 6.54 Å². The van der Waals surface area contributed by atoms with Crippen LogP contribution in [0.1, 0.15) is 19.5 Å². The van der Waals surface area contributed by atoms with Crippen LogP contribution < -0.4 is 5.32 Å². The van der Waals surface area contributed by atoms with Crippen LogP contribution in [0.3, 0.4) is 0 Å². The number of hydrogen-bond acceptors (Lipinski definition) is 3. The number of nitrogens with zero attached hydrogens (tertiary/aromatic N) is 3. The minimum Gasteiger partial charge on any atom is -0.351 e. The fourth-order valence-corrected chi connectivity index (χ4v) is 1.92. The van der Waals surface area contributed by atoms with Crippen molar-refractivity contribution in [2.24, 2.45) is 5.92 Å². The van der Waals surface area contributed by atoms with Crippen LogP contribution in [0.5, 0.6) is 0 Å². The first-order valence-corrected chi connectivity index (χ1v) is 6.50. The molecule has 1 rings (SSSR count). The van der Waals surface area contributed by atoms with Gasteiger partial charge >= 0.3 is 0 Å². The number of aromatic nitrogens is 2. The van der Waals surface area contributed by atoms with E-state index in [0.29, 0.717) is 12.0 Å². The van der Waals surface area contributed by atoms with Gasteiger partial charge in [0.15, 0.2) is 0 Å². The lowest BCUT2D eigenvalue weighted by atomic mass is 10.0. The third-order valence-corrected chi connectivity index (χ3v) is 2.90. The van der Waals surface area contributed by atoms with Crippen LogP contribution in [0.25, 0.3) is 0 Å². The molecule has 0 aliphatic heterocycles. The highest BCUT2D eigenvalue weighted by atomic mass is 15.2. The fraction of sp³-hybridized carbons (Fsp3) is 0.643. The average molecular weight is 250 g/mol. The molecule has 0 saturated carbocycles. The smallest absolute Gasteiger partial charge is 0.203 e. The summed E-state index contributed by atoms with van der Waals surface area (Å²) in [5.41, 5.74) is 1.03. The lowest BCUT2D eigenvalue weighted by Gasteiger charge is -2.26. The van der Waals surface area contributed by atoms with Crippen LogP contribution in [0.4, 0.5) is 5.95 Å². The topological polar surface area (TPSA) is 33.1 Å². The first-order valence-electron chi connectivity index (χ1n) is 6.50. The summed E-state index contributed by atoms with van der Waals surface area (Å²) in [4.78, 5) is 6.74. The zero-order valence-corrected chi connectivity index (χ0v) is 12.3. The molecule has 0 radical (unpaired) electrons. The summed E-state index contributed by atoms with van der Waals surface area (Å²) in [5, 5.41) is 3.55. The molecule has 0 fully saturated rings. The Morgan fingerprint density at radius 1 is 1.50 bits per heavy atom. The zero-order valence-electron chi connectivity index (χ0n) is 12.3. The quantitative estimate of drug-likeness (QED) is 0.754. The monoisotopic (exact) mass is 250 g/mol. The van der Waals surface area contributed by atoms with E-state index in [9.17, 15) is 0 Å². The Hall–Kier alpha value is -1.29. The van der Waals surface area contributed by atoms with E-state index < -0.39 is 0 Å². The van der Waals surface area contributed by atoms with E-state index >= 15 is 0 Å². The van der Waals surface area contributed by atoms with E-state index in [1.807, 2.05) is 13.0 Å². The Bertz CT molecular complexity index is 379. The maximum atomic E-state index is 4.54. The van der Waals surface area contributed by atoms with Crippen molar-refractivity contribution in [3.05, 3.63) is 24.5 Å². The van der Waals surface area contributed by atoms with Crippen molar-refractivity contribution in [2.75, 3.05) is 26.0 Å². The second-order valence-electron chi connectivity index (χ2n) is 5.40. The van der Waals surface area contributed by atoms with Crippen LogP contribution >= 0.6 is 0 Å². The molecule has 4 heteroatoms. The van der Waals surface area contributed by atoms with Gasteiger partial charge < -0.3 is 14.8 Å². The summed E-state index contributed by atoms with van der Waals surface area (Å²) in [6.45, 7) is 12.0. The molecule has 0 aliphatic carbocycles. The molecule has 0 aliphatic rings. The summed E-state index contributed by atoms with van der Waals surface area (Å²) in [5.74, 6) is 1.49. The molecule has 102 valence electrons. The predicted octanol–water partition coefficient (Wildman–Crippen LogP) is 2.38. The van der Waals surface area contributed by atoms with Crippen LogP contribution in [0, 0.1) is 12.8 Å². The summed E-state index contributed by atoms with van der Waals surface area (Å²) in [6, 6.07) is 0.394. The third kappa shape index (κ3) is 4.18. The number of anilines is 1. The van der Waals surface area contributed by atoms with E-state index in [1.165, 1.54) is 0 Å². The molecule has 1 heterocycles. The largest absolute Gasteiger partial charge is 0.351 e. The number of imidazole rings is 1. The first-order chi connectivity index (χ1) is 8.43. The van der Waals surface area contributed by atoms with Gasteiger partial charge in [-0.25, -0.2) is 4.98 Å². The molecule has 1 aromatic rings. The molecule has 1 atom stereocenters. The lowest BCUT2D eigenvalue weighted by molar-refractivity contribution is 0.343. The van der Waals surface area contributed by atoms with Gasteiger partial charge in [0.05, 0.1) is 5.69 Å². The lowest BCUT2D eigenvalue weighted by Crippen LogP contribution is -2.37. The molecule has 1 unspecified atom stereocenters. The van der Waals surface area contributed by atoms with Crippen LogP contribution in [0.15, 0.2) is 18.9 Å². The van der Waals surface area contributed by atoms with Crippen molar-refractivity contribution < 1.29 is 0 Å². The van der Waals surface area contributed by atoms with Crippen molar-refractivity contribution in [1.29, 1.82) is 0 Å². The molecule has 1 aromatic heterocycles. The molecule has 0 spiro atoms. The average Bonchev–Trinajstić information content (AvgIpc) is 2.58. The van der Waals surface area contributed by atoms with Gasteiger partial charge in [-0.2, -0.15) is 0 Å². The van der Waals surface area contributed by atoms with E-state index in [4.69, 9.17) is 0 Å². The molecule has 0 amide bonds. The second-order valence-corrected chi connectivity index (χ2v) is 5.40. The Kier molecular flexibility index (Phi) is 5.41. The Morgan fingerprint density at radius 3 is 2.67 bits per heavy atom. The van der Waals surface area contributed by atoms with Gasteiger partial charge in [0, 0.05) is 25.3 Å². The third-order valence-electron chi connectivity index (χ3n) is 2.90. The maximum Gasteiger partial charge on any atom is 0.203 e. The zero-order chi connectivity index (χ0) is 13.7. The van der Waals surface area contributed by atoms with Crippen molar-refractivity contribution in [3.63, 3.8) is 0 Å². The van der Waals surface area contributed by atoms with E-state index in [0.717, 1.165) is 24.7 Å². The Morgan fingerprint density at radius 2 is 2.17 bits per heavy atom. The predicted molar refractivity (Wildman–Crippen MR) is 78.0 cm³/mol. The van der Waals surface area contributed by atoms with Gasteiger partial charge in [-0.1, -0.05) is 19.9 Å². The van der Waals surface area contributed by atoms with Crippen molar-refractivity contribution in [1.82, 2.24) is 14.5 Å². The molecule has 0 aromatic carbocycles. The molecule has 0 bridgehead atoms. The minimum absolute atomic E-state index is 0.394. The van der Waals surface area contributed by atoms with Gasteiger partial charge in [-0.15, -0.1) is 6.58 Å². The maximum absolute atomic E-state index is 4.54. The van der Waals surface area contributed by atoms with E-state index in [-0.39, 0.29) is 0 Å². The Labute approximate surface area is 111 Å². The van der Waals surface area contributed by atoms with Crippen LogP contribution in [-0.4, -0.2) is 41.1 Å². The molecule has 4 nitrogen and oxygen atoms in total. The SMILES string of the molecule is C=CCn1cc(C)nc1NC(CN(C)C)C(C)C. The molecule has 18 heavy (non-hydrogen) atoms. The van der Waals surface area contributed by atoms with Gasteiger partial charge in [0.1, 0.15) is 0 Å². The number of nitrogens with one attached hydrogen (secondary N) is 1. The van der Waals surface area contributed by atoms with E-state index in [1.54, 1.807) is 0 Å². The summed E-state index contributed by atoms with van der Waals surface area (Å²) in [6.07, 6.45) is 3.94. The molecular weight excluding hydrogens is 224 g/mol. The minimum atomic E-state index is 0.394. The standard InChI is InChI=1S/C14H26N4/c1-7-8-18-9-12(4)15-14(18)16-13(11(2)3)10-17(5)6/h7,9,11,13H,1,8,10H2,2-6H3,(H,15,16). The van der Waals surface area contributed by atoms with Gasteiger partial charge in [-0.05, 0) is 26.9 Å². The highest BCUT2D eigenvalue weighted by molar-refractivity contribution is 5.31. The number of allylic oxidation sites excluding steroid dienone is 1. The van der Waals surface area contributed by atoms with Crippen LogP contribution in [0.2, 0.25) is 0 Å². The number of aryl methyl sites for hydroxylation is 1. The van der Waals surface area contributed by atoms with Gasteiger partial charge in [-0.3, -0.25) is 0 Å². The highest BCUT2D eigenvalue weighted by Gasteiger charge is 2.16. The number of hydrogen-bond donors (Lipinski definition) is 1. The summed E-state index contributed by atoms with van der Waals surface area (Å²) < 4.78 is 2.10. The van der Waals surface area contributed by atoms with Crippen molar-refractivity contribution in [2.45, 2.75) is 33.4 Å². The Balaban J connectivity index is 2.82. The highest BCUT2D eigenvalue weighted by Crippen LogP contribution is 2.14. The fourth-order valence-electron chi connectivity index (χ4n) is 1.92. The summed E-state index contributed by atoms with van der Waals surface area (Å²) >= 11 is 0. The van der Waals surface area contributed by atoms with Crippen molar-refractivity contribution in [3.8, 4) is 0 Å². The van der Waals surface area contributed by atoms with Gasteiger partial charge in [0.2, 0.25) is 5.95 Å². The van der Waals surface area contributed by atoms with Crippen molar-refractivity contribution >= 4 is 5.95 Å². The molecule has 1 N–H and O–H groups in total.